The summed E-state index contributed by atoms with van der Waals surface area (Å²) in [4.78, 5) is 56.1. The summed E-state index contributed by atoms with van der Waals surface area (Å²) in [6.45, 7) is 4.70. The molecular formula is C28H42N6O5. The summed E-state index contributed by atoms with van der Waals surface area (Å²) in [6, 6.07) is 4.20. The highest BCUT2D eigenvalue weighted by atomic mass is 16.4. The van der Waals surface area contributed by atoms with E-state index < -0.39 is 42.0 Å². The van der Waals surface area contributed by atoms with E-state index in [0.29, 0.717) is 51.6 Å². The van der Waals surface area contributed by atoms with Crippen molar-refractivity contribution >= 4 is 34.6 Å². The number of unbranched alkanes of at least 4 members (excludes halogenated alkanes) is 1. The maximum absolute atomic E-state index is 13.6. The minimum Gasteiger partial charge on any atom is -0.480 e. The molecule has 1 aromatic carbocycles. The number of para-hydroxylation sites is 1. The van der Waals surface area contributed by atoms with Crippen molar-refractivity contribution in [3.05, 3.63) is 36.0 Å². The Morgan fingerprint density at radius 3 is 2.56 bits per heavy atom. The lowest BCUT2D eigenvalue weighted by atomic mass is 10.0. The molecule has 1 fully saturated rings. The summed E-state index contributed by atoms with van der Waals surface area (Å²) in [5.74, 6) is -2.32. The van der Waals surface area contributed by atoms with Crippen LogP contribution in [0.2, 0.25) is 0 Å². The Hall–Kier alpha value is -3.44. The molecule has 2 aromatic rings. The fourth-order valence-corrected chi connectivity index (χ4v) is 5.12. The topological polar surface area (TPSA) is 184 Å². The molecule has 39 heavy (non-hydrogen) atoms. The monoisotopic (exact) mass is 542 g/mol. The van der Waals surface area contributed by atoms with E-state index in [9.17, 15) is 24.3 Å². The number of nitrogens with zero attached hydrogens (tertiary/aromatic N) is 1. The Balaban J connectivity index is 1.67. The minimum atomic E-state index is -1.12. The fourth-order valence-electron chi connectivity index (χ4n) is 5.12. The number of carbonyl (C=O) groups is 4. The SMILES string of the molecule is CC(C)CC(NC(=O)C(N)Cc1c[nH]c2ccccc12)C(=O)N1CCCC1C(=O)NC(CCCCN)C(=O)O. The molecule has 4 unspecified atom stereocenters. The number of nitrogens with one attached hydrogen (secondary N) is 3. The van der Waals surface area contributed by atoms with Crippen molar-refractivity contribution in [1.82, 2.24) is 20.5 Å². The zero-order valence-corrected chi connectivity index (χ0v) is 22.8. The predicted molar refractivity (Wildman–Crippen MR) is 149 cm³/mol. The second kappa shape index (κ2) is 14.1. The van der Waals surface area contributed by atoms with Gasteiger partial charge in [0, 0.05) is 23.6 Å². The number of aliphatic carboxylic acids is 1. The van der Waals surface area contributed by atoms with Crippen LogP contribution in [0.4, 0.5) is 0 Å². The van der Waals surface area contributed by atoms with Crippen molar-refractivity contribution < 1.29 is 24.3 Å². The fraction of sp³-hybridized carbons (Fsp3) is 0.571. The number of nitrogens with two attached hydrogens (primary N) is 2. The molecule has 0 saturated carbocycles. The zero-order chi connectivity index (χ0) is 28.5. The molecule has 0 aliphatic carbocycles. The van der Waals surface area contributed by atoms with Gasteiger partial charge >= 0.3 is 5.97 Å². The number of H-pyrrole nitrogens is 1. The molecule has 1 aliphatic rings. The van der Waals surface area contributed by atoms with Gasteiger partial charge in [0.25, 0.3) is 0 Å². The van der Waals surface area contributed by atoms with Gasteiger partial charge in [0.05, 0.1) is 6.04 Å². The van der Waals surface area contributed by atoms with Crippen LogP contribution < -0.4 is 22.1 Å². The van der Waals surface area contributed by atoms with E-state index in [1.165, 1.54) is 4.90 Å². The average Bonchev–Trinajstić information content (AvgIpc) is 3.55. The molecule has 3 rings (SSSR count). The van der Waals surface area contributed by atoms with Crippen molar-refractivity contribution in [1.29, 1.82) is 0 Å². The van der Waals surface area contributed by atoms with E-state index in [0.717, 1.165) is 16.5 Å². The first-order valence-electron chi connectivity index (χ1n) is 13.8. The molecule has 0 spiro atoms. The highest BCUT2D eigenvalue weighted by Crippen LogP contribution is 2.22. The van der Waals surface area contributed by atoms with Crippen LogP contribution in [0.5, 0.6) is 0 Å². The maximum atomic E-state index is 13.6. The van der Waals surface area contributed by atoms with Crippen molar-refractivity contribution in [2.24, 2.45) is 17.4 Å². The maximum Gasteiger partial charge on any atom is 0.326 e. The van der Waals surface area contributed by atoms with E-state index in [2.05, 4.69) is 15.6 Å². The summed E-state index contributed by atoms with van der Waals surface area (Å²) in [7, 11) is 0. The zero-order valence-electron chi connectivity index (χ0n) is 22.8. The van der Waals surface area contributed by atoms with Crippen molar-refractivity contribution in [2.75, 3.05) is 13.1 Å². The number of benzene rings is 1. The van der Waals surface area contributed by atoms with Gasteiger partial charge in [0.2, 0.25) is 17.7 Å². The predicted octanol–water partition coefficient (Wildman–Crippen LogP) is 1.26. The van der Waals surface area contributed by atoms with Crippen LogP contribution in [-0.2, 0) is 25.6 Å². The summed E-state index contributed by atoms with van der Waals surface area (Å²) < 4.78 is 0. The third-order valence-corrected chi connectivity index (χ3v) is 7.17. The van der Waals surface area contributed by atoms with Crippen LogP contribution in [0.1, 0.15) is 57.9 Å². The van der Waals surface area contributed by atoms with Crippen molar-refractivity contribution in [3.8, 4) is 0 Å². The van der Waals surface area contributed by atoms with Gasteiger partial charge < -0.3 is 37.1 Å². The van der Waals surface area contributed by atoms with E-state index in [1.807, 2.05) is 44.3 Å². The van der Waals surface area contributed by atoms with Gasteiger partial charge in [-0.25, -0.2) is 4.79 Å². The largest absolute Gasteiger partial charge is 0.480 e. The number of aromatic amines is 1. The third-order valence-electron chi connectivity index (χ3n) is 7.17. The van der Waals surface area contributed by atoms with Gasteiger partial charge in [-0.1, -0.05) is 32.0 Å². The lowest BCUT2D eigenvalue weighted by molar-refractivity contribution is -0.145. The average molecular weight is 543 g/mol. The van der Waals surface area contributed by atoms with Gasteiger partial charge in [0.15, 0.2) is 0 Å². The Morgan fingerprint density at radius 2 is 1.87 bits per heavy atom. The van der Waals surface area contributed by atoms with Crippen LogP contribution in [0.15, 0.2) is 30.5 Å². The molecule has 1 aromatic heterocycles. The number of hydrogen-bond acceptors (Lipinski definition) is 6. The number of hydrogen-bond donors (Lipinski definition) is 6. The number of carboxylic acids is 1. The second-order valence-corrected chi connectivity index (χ2v) is 10.7. The van der Waals surface area contributed by atoms with E-state index in [1.54, 1.807) is 0 Å². The molecule has 1 saturated heterocycles. The first kappa shape index (κ1) is 30.1. The molecule has 3 amide bonds. The number of carbonyl (C=O) groups excluding carboxylic acids is 3. The first-order chi connectivity index (χ1) is 18.6. The Morgan fingerprint density at radius 1 is 1.13 bits per heavy atom. The summed E-state index contributed by atoms with van der Waals surface area (Å²) >= 11 is 0. The lowest BCUT2D eigenvalue weighted by Gasteiger charge is -2.30. The standard InChI is InChI=1S/C28H42N6O5/c1-17(2)14-23(33-25(35)20(30)15-18-16-31-21-9-4-3-8-19(18)21)27(37)34-13-7-11-24(34)26(36)32-22(28(38)39)10-5-6-12-29/h3-4,8-9,16-17,20,22-24,31H,5-7,10-15,29-30H2,1-2H3,(H,32,36)(H,33,35)(H,38,39). The summed E-state index contributed by atoms with van der Waals surface area (Å²) in [5.41, 5.74) is 13.6. The van der Waals surface area contributed by atoms with Crippen LogP contribution in [0.25, 0.3) is 10.9 Å². The molecule has 0 bridgehead atoms. The normalized spacial score (nSPS) is 17.7. The van der Waals surface area contributed by atoms with Gasteiger partial charge in [-0.05, 0) is 69.0 Å². The van der Waals surface area contributed by atoms with Crippen LogP contribution >= 0.6 is 0 Å². The quantitative estimate of drug-likeness (QED) is 0.194. The first-order valence-corrected chi connectivity index (χ1v) is 13.8. The lowest BCUT2D eigenvalue weighted by Crippen LogP contribution is -2.57. The summed E-state index contributed by atoms with van der Waals surface area (Å²) in [6.07, 6.45) is 5.04. The molecule has 0 radical (unpaired) electrons. The van der Waals surface area contributed by atoms with E-state index in [4.69, 9.17) is 11.5 Å². The molecule has 2 heterocycles. The molecule has 11 nitrogen and oxygen atoms in total. The van der Waals surface area contributed by atoms with Crippen LogP contribution in [0, 0.1) is 5.92 Å². The molecule has 4 atom stereocenters. The highest BCUT2D eigenvalue weighted by molar-refractivity contribution is 5.94. The smallest absolute Gasteiger partial charge is 0.326 e. The number of fused-ring (bicyclic) bond motifs is 1. The molecule has 8 N–H and O–H groups in total. The highest BCUT2D eigenvalue weighted by Gasteiger charge is 2.39. The molecule has 214 valence electrons. The van der Waals surface area contributed by atoms with Gasteiger partial charge in [-0.3, -0.25) is 14.4 Å². The van der Waals surface area contributed by atoms with E-state index >= 15 is 0 Å². The number of likely N-dealkylation sites (tertiary alicyclic amines) is 1. The second-order valence-electron chi connectivity index (χ2n) is 10.7. The molecule has 1 aliphatic heterocycles. The van der Waals surface area contributed by atoms with E-state index in [-0.39, 0.29) is 18.2 Å². The van der Waals surface area contributed by atoms with Crippen LogP contribution in [0.3, 0.4) is 0 Å². The number of amides is 3. The Bertz CT molecular complexity index is 1150. The van der Waals surface area contributed by atoms with Gasteiger partial charge in [-0.2, -0.15) is 0 Å². The number of aromatic nitrogens is 1. The third kappa shape index (κ3) is 8.03. The number of rotatable bonds is 14. The number of carboxylic acid groups (broad SMARTS) is 1. The van der Waals surface area contributed by atoms with Gasteiger partial charge in [0.1, 0.15) is 18.1 Å². The van der Waals surface area contributed by atoms with Crippen molar-refractivity contribution in [3.63, 3.8) is 0 Å². The molecular weight excluding hydrogens is 500 g/mol. The van der Waals surface area contributed by atoms with Crippen LogP contribution in [-0.4, -0.2) is 75.9 Å². The minimum absolute atomic E-state index is 0.0953. The van der Waals surface area contributed by atoms with Gasteiger partial charge in [-0.15, -0.1) is 0 Å². The Kier molecular flexibility index (Phi) is 10.9. The van der Waals surface area contributed by atoms with Crippen molar-refractivity contribution in [2.45, 2.75) is 83.0 Å². The summed E-state index contributed by atoms with van der Waals surface area (Å²) in [5, 5.41) is 16.0. The molecule has 11 heteroatoms. The Labute approximate surface area is 229 Å².